The summed E-state index contributed by atoms with van der Waals surface area (Å²) >= 11 is 0. The van der Waals surface area contributed by atoms with Crippen LogP contribution in [0.25, 0.3) is 0 Å². The summed E-state index contributed by atoms with van der Waals surface area (Å²) in [7, 11) is 0. The molecule has 1 N–H and O–H groups in total. The number of hydrogen-bond acceptors (Lipinski definition) is 4. The van der Waals surface area contributed by atoms with Gasteiger partial charge in [0, 0.05) is 0 Å². The van der Waals surface area contributed by atoms with E-state index in [0.717, 1.165) is 38.5 Å². The summed E-state index contributed by atoms with van der Waals surface area (Å²) in [4.78, 5) is 24.2. The average Bonchev–Trinajstić information content (AvgIpc) is 2.81. The van der Waals surface area contributed by atoms with Crippen LogP contribution in [-0.2, 0) is 14.3 Å². The lowest BCUT2D eigenvalue weighted by atomic mass is 10.0. The minimum Gasteiger partial charge on any atom is -0.464 e. The molecule has 5 heteroatoms. The Balaban J connectivity index is 3.65. The van der Waals surface area contributed by atoms with E-state index in [0.29, 0.717) is 19.6 Å². The molecule has 5 nitrogen and oxygen atoms in total. The zero-order valence-electron chi connectivity index (χ0n) is 21.8. The number of esters is 1. The van der Waals surface area contributed by atoms with Crippen LogP contribution in [0.15, 0.2) is 12.7 Å². The van der Waals surface area contributed by atoms with Gasteiger partial charge in [-0.15, -0.1) is 6.58 Å². The molecule has 33 heavy (non-hydrogen) atoms. The number of alkyl carbamates (subject to hydrolysis) is 1. The molecule has 1 atom stereocenters. The van der Waals surface area contributed by atoms with Crippen molar-refractivity contribution in [2.75, 3.05) is 13.2 Å². The van der Waals surface area contributed by atoms with Gasteiger partial charge in [-0.1, -0.05) is 123 Å². The SMILES string of the molecule is C=CCC(NC(=O)OCCCCCC)C(=O)OCCCCCCCCCCCCCCCC. The lowest BCUT2D eigenvalue weighted by Crippen LogP contribution is -2.42. The van der Waals surface area contributed by atoms with Crippen LogP contribution in [0.1, 0.15) is 136 Å². The zero-order valence-corrected chi connectivity index (χ0v) is 21.8. The van der Waals surface area contributed by atoms with Crippen molar-refractivity contribution in [3.05, 3.63) is 12.7 Å². The lowest BCUT2D eigenvalue weighted by Gasteiger charge is -2.16. The number of unbranched alkanes of at least 4 members (excludes halogenated alkanes) is 16. The van der Waals surface area contributed by atoms with E-state index in [9.17, 15) is 9.59 Å². The van der Waals surface area contributed by atoms with Gasteiger partial charge in [-0.25, -0.2) is 9.59 Å². The van der Waals surface area contributed by atoms with E-state index in [2.05, 4.69) is 25.7 Å². The molecular formula is C28H53NO4. The van der Waals surface area contributed by atoms with Crippen molar-refractivity contribution in [2.45, 2.75) is 142 Å². The molecule has 0 aliphatic rings. The van der Waals surface area contributed by atoms with E-state index in [4.69, 9.17) is 9.47 Å². The highest BCUT2D eigenvalue weighted by Crippen LogP contribution is 2.13. The highest BCUT2D eigenvalue weighted by Gasteiger charge is 2.21. The second-order valence-electron chi connectivity index (χ2n) is 9.18. The third kappa shape index (κ3) is 22.1. The van der Waals surface area contributed by atoms with E-state index >= 15 is 0 Å². The standard InChI is InChI=1S/C28H53NO4/c1-4-7-9-11-12-13-14-15-16-17-18-19-20-22-24-32-27(30)26(23-6-3)29-28(31)33-25-21-10-8-5-2/h6,26H,3-5,7-25H2,1-2H3,(H,29,31). The molecule has 1 amide bonds. The molecule has 0 bridgehead atoms. The van der Waals surface area contributed by atoms with Gasteiger partial charge in [-0.05, 0) is 19.3 Å². The molecule has 0 saturated heterocycles. The van der Waals surface area contributed by atoms with E-state index < -0.39 is 18.1 Å². The van der Waals surface area contributed by atoms with Crippen molar-refractivity contribution in [1.82, 2.24) is 5.32 Å². The number of nitrogens with one attached hydrogen (secondary N) is 1. The Kier molecular flexibility index (Phi) is 24.0. The normalized spacial score (nSPS) is 11.7. The number of hydrogen-bond donors (Lipinski definition) is 1. The van der Waals surface area contributed by atoms with Crippen molar-refractivity contribution in [3.8, 4) is 0 Å². The Labute approximate surface area is 204 Å². The average molecular weight is 468 g/mol. The smallest absolute Gasteiger partial charge is 0.407 e. The minimum absolute atomic E-state index is 0.336. The Morgan fingerprint density at radius 1 is 0.667 bits per heavy atom. The van der Waals surface area contributed by atoms with Crippen molar-refractivity contribution in [3.63, 3.8) is 0 Å². The van der Waals surface area contributed by atoms with Crippen LogP contribution >= 0.6 is 0 Å². The van der Waals surface area contributed by atoms with Crippen LogP contribution in [0.5, 0.6) is 0 Å². The quantitative estimate of drug-likeness (QED) is 0.0881. The molecule has 1 unspecified atom stereocenters. The fourth-order valence-electron chi connectivity index (χ4n) is 3.83. The van der Waals surface area contributed by atoms with Gasteiger partial charge in [0.25, 0.3) is 0 Å². The zero-order chi connectivity index (χ0) is 24.4. The van der Waals surface area contributed by atoms with Crippen LogP contribution in [0, 0.1) is 0 Å². The third-order valence-corrected chi connectivity index (χ3v) is 5.95. The topological polar surface area (TPSA) is 64.6 Å². The Hall–Kier alpha value is -1.52. The number of amides is 1. The third-order valence-electron chi connectivity index (χ3n) is 5.95. The van der Waals surface area contributed by atoms with Crippen LogP contribution in [-0.4, -0.2) is 31.3 Å². The second kappa shape index (κ2) is 25.1. The summed E-state index contributed by atoms with van der Waals surface area (Å²) in [6.45, 7) is 8.84. The van der Waals surface area contributed by atoms with Gasteiger partial charge in [0.15, 0.2) is 0 Å². The molecule has 0 aromatic heterocycles. The molecule has 0 saturated carbocycles. The van der Waals surface area contributed by atoms with Crippen LogP contribution in [0.2, 0.25) is 0 Å². The van der Waals surface area contributed by atoms with Crippen LogP contribution < -0.4 is 5.32 Å². The molecule has 0 fully saturated rings. The largest absolute Gasteiger partial charge is 0.464 e. The first kappa shape index (κ1) is 31.5. The van der Waals surface area contributed by atoms with Gasteiger partial charge in [-0.3, -0.25) is 0 Å². The van der Waals surface area contributed by atoms with Gasteiger partial charge in [-0.2, -0.15) is 0 Å². The maximum atomic E-state index is 12.3. The van der Waals surface area contributed by atoms with Crippen LogP contribution in [0.3, 0.4) is 0 Å². The summed E-state index contributed by atoms with van der Waals surface area (Å²) in [5.41, 5.74) is 0. The first-order valence-electron chi connectivity index (χ1n) is 13.9. The first-order valence-corrected chi connectivity index (χ1v) is 13.9. The number of rotatable bonds is 24. The molecule has 0 aromatic carbocycles. The molecule has 0 radical (unpaired) electrons. The summed E-state index contributed by atoms with van der Waals surface area (Å²) < 4.78 is 10.5. The Bertz CT molecular complexity index is 467. The summed E-state index contributed by atoms with van der Waals surface area (Å²) in [5.74, 6) is -0.410. The molecule has 0 rings (SSSR count). The van der Waals surface area contributed by atoms with E-state index in [1.165, 1.54) is 77.0 Å². The molecule has 194 valence electrons. The molecule has 0 aliphatic carbocycles. The predicted molar refractivity (Wildman–Crippen MR) is 138 cm³/mol. The van der Waals surface area contributed by atoms with Gasteiger partial charge < -0.3 is 14.8 Å². The first-order chi connectivity index (χ1) is 16.2. The Morgan fingerprint density at radius 3 is 1.52 bits per heavy atom. The van der Waals surface area contributed by atoms with Crippen molar-refractivity contribution in [1.29, 1.82) is 0 Å². The molecule has 0 aromatic rings. The molecule has 0 aliphatic heterocycles. The van der Waals surface area contributed by atoms with Gasteiger partial charge >= 0.3 is 12.1 Å². The summed E-state index contributed by atoms with van der Waals surface area (Å²) in [5, 5.41) is 2.60. The lowest BCUT2D eigenvalue weighted by molar-refractivity contribution is -0.146. The highest BCUT2D eigenvalue weighted by atomic mass is 16.6. The van der Waals surface area contributed by atoms with Crippen molar-refractivity contribution >= 4 is 12.1 Å². The van der Waals surface area contributed by atoms with Crippen LogP contribution in [0.4, 0.5) is 4.79 Å². The monoisotopic (exact) mass is 467 g/mol. The fraction of sp³-hybridized carbons (Fsp3) is 0.857. The van der Waals surface area contributed by atoms with Gasteiger partial charge in [0.1, 0.15) is 6.04 Å². The minimum atomic E-state index is -0.725. The highest BCUT2D eigenvalue weighted by molar-refractivity contribution is 5.81. The van der Waals surface area contributed by atoms with Gasteiger partial charge in [0.2, 0.25) is 0 Å². The molecular weight excluding hydrogens is 414 g/mol. The fourth-order valence-corrected chi connectivity index (χ4v) is 3.83. The summed E-state index contributed by atoms with van der Waals surface area (Å²) in [6, 6.07) is -0.725. The maximum Gasteiger partial charge on any atom is 0.407 e. The number of carbonyl (C=O) groups is 2. The molecule has 0 heterocycles. The number of ether oxygens (including phenoxy) is 2. The Morgan fingerprint density at radius 2 is 1.06 bits per heavy atom. The van der Waals surface area contributed by atoms with Crippen molar-refractivity contribution in [2.24, 2.45) is 0 Å². The van der Waals surface area contributed by atoms with Gasteiger partial charge in [0.05, 0.1) is 13.2 Å². The summed E-state index contributed by atoms with van der Waals surface area (Å²) in [6.07, 6.45) is 23.7. The molecule has 0 spiro atoms. The second-order valence-corrected chi connectivity index (χ2v) is 9.18. The number of carbonyl (C=O) groups excluding carboxylic acids is 2. The van der Waals surface area contributed by atoms with E-state index in [1.807, 2.05) is 0 Å². The van der Waals surface area contributed by atoms with E-state index in [1.54, 1.807) is 6.08 Å². The van der Waals surface area contributed by atoms with E-state index in [-0.39, 0.29) is 0 Å². The predicted octanol–water partition coefficient (Wildman–Crippen LogP) is 8.26. The maximum absolute atomic E-state index is 12.3. The van der Waals surface area contributed by atoms with Crippen molar-refractivity contribution < 1.29 is 19.1 Å².